The van der Waals surface area contributed by atoms with Crippen LogP contribution >= 0.6 is 0 Å². The summed E-state index contributed by atoms with van der Waals surface area (Å²) in [7, 11) is -7.66. The van der Waals surface area contributed by atoms with Gasteiger partial charge in [-0.25, -0.2) is 16.8 Å². The van der Waals surface area contributed by atoms with Crippen LogP contribution in [-0.4, -0.2) is 28.5 Å². The van der Waals surface area contributed by atoms with Crippen molar-refractivity contribution < 1.29 is 31.4 Å². The molecule has 35 heavy (non-hydrogen) atoms. The van der Waals surface area contributed by atoms with E-state index in [4.69, 9.17) is 9.47 Å². The van der Waals surface area contributed by atoms with E-state index in [1.54, 1.807) is 37.3 Å². The van der Waals surface area contributed by atoms with Crippen molar-refractivity contribution in [1.29, 1.82) is 0 Å². The molecule has 0 fully saturated rings. The smallest absolute Gasteiger partial charge is 0.210 e. The maximum atomic E-state index is 13.2. The fourth-order valence-corrected chi connectivity index (χ4v) is 6.07. The molecule has 0 atom stereocenters. The lowest BCUT2D eigenvalue weighted by Gasteiger charge is -2.16. The number of aromatic hydroxyl groups is 1. The second kappa shape index (κ2) is 9.81. The summed E-state index contributed by atoms with van der Waals surface area (Å²) >= 11 is 0. The van der Waals surface area contributed by atoms with Crippen LogP contribution < -0.4 is 9.47 Å². The van der Waals surface area contributed by atoms with Crippen LogP contribution in [0.15, 0.2) is 117 Å². The number of hydrogen-bond acceptors (Lipinski definition) is 7. The third-order valence-electron chi connectivity index (χ3n) is 5.08. The Morgan fingerprint density at radius 2 is 1.23 bits per heavy atom. The molecular weight excluding hydrogens is 488 g/mol. The summed E-state index contributed by atoms with van der Waals surface area (Å²) in [5.41, 5.74) is 0. The summed E-state index contributed by atoms with van der Waals surface area (Å²) in [6.07, 6.45) is 0. The van der Waals surface area contributed by atoms with Gasteiger partial charge in [-0.05, 0) is 79.7 Å². The van der Waals surface area contributed by atoms with Gasteiger partial charge in [-0.15, -0.1) is 0 Å². The van der Waals surface area contributed by atoms with Crippen molar-refractivity contribution in [3.63, 3.8) is 0 Å². The van der Waals surface area contributed by atoms with Crippen molar-refractivity contribution in [2.45, 2.75) is 26.5 Å². The van der Waals surface area contributed by atoms with E-state index in [-0.39, 0.29) is 43.4 Å². The van der Waals surface area contributed by atoms with E-state index in [1.165, 1.54) is 66.7 Å². The summed E-state index contributed by atoms with van der Waals surface area (Å²) in [6, 6.07) is 23.6. The predicted molar refractivity (Wildman–Crippen MR) is 130 cm³/mol. The maximum Gasteiger partial charge on any atom is 0.210 e. The Labute approximate surface area is 204 Å². The molecule has 0 spiro atoms. The van der Waals surface area contributed by atoms with Crippen LogP contribution in [-0.2, 0) is 19.7 Å². The molecule has 4 aromatic carbocycles. The van der Waals surface area contributed by atoms with Crippen LogP contribution in [0.3, 0.4) is 0 Å². The lowest BCUT2D eigenvalue weighted by atomic mass is 10.3. The maximum absolute atomic E-state index is 13.2. The highest BCUT2D eigenvalue weighted by Crippen LogP contribution is 2.39. The van der Waals surface area contributed by atoms with Gasteiger partial charge in [0.25, 0.3) is 0 Å². The topological polar surface area (TPSA) is 107 Å². The summed E-state index contributed by atoms with van der Waals surface area (Å²) in [5, 5.41) is 9.41. The number of para-hydroxylation sites is 1. The van der Waals surface area contributed by atoms with E-state index in [9.17, 15) is 21.9 Å². The second-order valence-corrected chi connectivity index (χ2v) is 11.3. The highest BCUT2D eigenvalue weighted by Gasteiger charge is 2.25. The van der Waals surface area contributed by atoms with E-state index in [2.05, 4.69) is 0 Å². The number of phenolic OH excluding ortho intramolecular Hbond substituents is 1. The number of rotatable bonds is 8. The Bertz CT molecular complexity index is 1530. The second-order valence-electron chi connectivity index (χ2n) is 7.40. The van der Waals surface area contributed by atoms with Gasteiger partial charge in [-0.2, -0.15) is 0 Å². The molecule has 7 nitrogen and oxygen atoms in total. The van der Waals surface area contributed by atoms with Gasteiger partial charge >= 0.3 is 0 Å². The zero-order chi connectivity index (χ0) is 25.1. The molecule has 0 heterocycles. The first kappa shape index (κ1) is 24.3. The van der Waals surface area contributed by atoms with Crippen LogP contribution in [0.25, 0.3) is 0 Å². The highest BCUT2D eigenvalue weighted by molar-refractivity contribution is 7.91. The van der Waals surface area contributed by atoms with Crippen molar-refractivity contribution in [3.8, 4) is 23.0 Å². The molecule has 0 radical (unpaired) electrons. The number of benzene rings is 4. The van der Waals surface area contributed by atoms with E-state index in [0.717, 1.165) is 0 Å². The average Bonchev–Trinajstić information content (AvgIpc) is 2.86. The van der Waals surface area contributed by atoms with E-state index in [0.29, 0.717) is 5.75 Å². The molecule has 0 aliphatic heterocycles. The average molecular weight is 511 g/mol. The predicted octanol–water partition coefficient (Wildman–Crippen LogP) is 5.25. The van der Waals surface area contributed by atoms with E-state index < -0.39 is 19.7 Å². The Morgan fingerprint density at radius 3 is 1.83 bits per heavy atom. The molecule has 0 unspecified atom stereocenters. The van der Waals surface area contributed by atoms with Crippen LogP contribution in [0, 0.1) is 0 Å². The summed E-state index contributed by atoms with van der Waals surface area (Å²) in [4.78, 5) is 0.180. The molecule has 0 bridgehead atoms. The summed E-state index contributed by atoms with van der Waals surface area (Å²) in [5.74, 6) is 0.511. The van der Waals surface area contributed by atoms with Crippen molar-refractivity contribution >= 4 is 19.7 Å². The first-order chi connectivity index (χ1) is 16.7. The third-order valence-corrected chi connectivity index (χ3v) is 8.66. The summed E-state index contributed by atoms with van der Waals surface area (Å²) in [6.45, 7) is 1.94. The minimum absolute atomic E-state index is 0.0328. The molecule has 0 aliphatic rings. The molecule has 0 saturated heterocycles. The highest BCUT2D eigenvalue weighted by atomic mass is 32.2. The lowest BCUT2D eigenvalue weighted by molar-refractivity contribution is 0.312. The molecule has 0 saturated carbocycles. The molecule has 4 rings (SSSR count). The largest absolute Gasteiger partial charge is 0.508 e. The molecule has 4 aromatic rings. The lowest BCUT2D eigenvalue weighted by Crippen LogP contribution is -2.07. The first-order valence-electron chi connectivity index (χ1n) is 10.6. The van der Waals surface area contributed by atoms with Gasteiger partial charge in [0.15, 0.2) is 11.5 Å². The van der Waals surface area contributed by atoms with E-state index >= 15 is 0 Å². The Kier molecular flexibility index (Phi) is 6.81. The Balaban J connectivity index is 1.67. The monoisotopic (exact) mass is 510 g/mol. The number of sulfone groups is 2. The molecule has 0 aliphatic carbocycles. The van der Waals surface area contributed by atoms with Gasteiger partial charge in [0.1, 0.15) is 16.4 Å². The van der Waals surface area contributed by atoms with E-state index in [1.807, 2.05) is 0 Å². The normalized spacial score (nSPS) is 11.7. The van der Waals surface area contributed by atoms with Gasteiger partial charge in [0.05, 0.1) is 21.3 Å². The SMILES string of the molecule is CCOc1c(Oc2ccc(S(=O)(=O)c3ccc(O)cc3)cc2)cccc1S(=O)(=O)c1ccccc1. The van der Waals surface area contributed by atoms with Gasteiger partial charge < -0.3 is 14.6 Å². The molecule has 0 aromatic heterocycles. The fourth-order valence-electron chi connectivity index (χ4n) is 3.38. The molecule has 0 amide bonds. The Hall–Kier alpha value is -3.82. The zero-order valence-corrected chi connectivity index (χ0v) is 20.3. The number of hydrogen-bond donors (Lipinski definition) is 1. The van der Waals surface area contributed by atoms with Crippen molar-refractivity contribution in [1.82, 2.24) is 0 Å². The van der Waals surface area contributed by atoms with Crippen LogP contribution in [0.4, 0.5) is 0 Å². The molecule has 9 heteroatoms. The van der Waals surface area contributed by atoms with Gasteiger partial charge in [0, 0.05) is 0 Å². The molecule has 180 valence electrons. The fraction of sp³-hybridized carbons (Fsp3) is 0.0769. The van der Waals surface area contributed by atoms with Crippen molar-refractivity contribution in [2.24, 2.45) is 0 Å². The van der Waals surface area contributed by atoms with Crippen molar-refractivity contribution in [2.75, 3.05) is 6.61 Å². The first-order valence-corrected chi connectivity index (χ1v) is 13.6. The zero-order valence-electron chi connectivity index (χ0n) is 18.7. The summed E-state index contributed by atoms with van der Waals surface area (Å²) < 4.78 is 63.7. The molecular formula is C26H22O7S2. The van der Waals surface area contributed by atoms with Crippen LogP contribution in [0.5, 0.6) is 23.0 Å². The van der Waals surface area contributed by atoms with Crippen LogP contribution in [0.1, 0.15) is 6.92 Å². The standard InChI is InChI=1S/C26H22O7S2/c1-2-32-26-24(9-6-10-25(26)35(30,31)21-7-4-3-5-8-21)33-20-13-17-23(18-14-20)34(28,29)22-15-11-19(27)12-16-22/h3-18,27H,2H2,1H3. The third kappa shape index (κ3) is 5.01. The van der Waals surface area contributed by atoms with Crippen LogP contribution in [0.2, 0.25) is 0 Å². The van der Waals surface area contributed by atoms with Gasteiger partial charge in [0.2, 0.25) is 19.7 Å². The number of phenols is 1. The van der Waals surface area contributed by atoms with Gasteiger partial charge in [-0.3, -0.25) is 0 Å². The Morgan fingerprint density at radius 1 is 0.657 bits per heavy atom. The van der Waals surface area contributed by atoms with Gasteiger partial charge in [-0.1, -0.05) is 24.3 Å². The minimum atomic E-state index is -3.87. The quantitative estimate of drug-likeness (QED) is 0.345. The number of ether oxygens (including phenoxy) is 2. The van der Waals surface area contributed by atoms with Crippen molar-refractivity contribution in [3.05, 3.63) is 97.1 Å². The minimum Gasteiger partial charge on any atom is -0.508 e. The molecule has 1 N–H and O–H groups in total.